The van der Waals surface area contributed by atoms with Crippen molar-refractivity contribution in [3.8, 4) is 0 Å². The topological polar surface area (TPSA) is 81.2 Å². The smallest absolute Gasteiger partial charge is 0.289 e. The van der Waals surface area contributed by atoms with Crippen molar-refractivity contribution in [2.24, 2.45) is 5.84 Å². The molecule has 5 nitrogen and oxygen atoms in total. The van der Waals surface area contributed by atoms with Crippen molar-refractivity contribution in [2.45, 2.75) is 13.8 Å². The van der Waals surface area contributed by atoms with Crippen LogP contribution in [0.2, 0.25) is 0 Å². The molecule has 0 aliphatic heterocycles. The van der Waals surface area contributed by atoms with E-state index in [4.69, 9.17) is 5.84 Å². The fraction of sp³-hybridized carbons (Fsp3) is 0.333. The summed E-state index contributed by atoms with van der Waals surface area (Å²) in [4.78, 5) is 9.80. The van der Waals surface area contributed by atoms with Crippen molar-refractivity contribution >= 4 is 0 Å². The summed E-state index contributed by atoms with van der Waals surface area (Å²) in [6, 6.07) is 0. The maximum absolute atomic E-state index is 10.3. The van der Waals surface area contributed by atoms with Gasteiger partial charge in [0.1, 0.15) is 5.70 Å². The molecule has 0 radical (unpaired) electrons. The molecule has 5 heteroatoms. The monoisotopic (exact) mass is 157 g/mol. The SMILES string of the molecule is C/C=C(NN)\C(=C/C)[N+](=O)[O-]. The molecule has 3 N–H and O–H groups in total. The second kappa shape index (κ2) is 4.45. The molecular weight excluding hydrogens is 146 g/mol. The van der Waals surface area contributed by atoms with Crippen LogP contribution in [0.5, 0.6) is 0 Å². The average molecular weight is 157 g/mol. The van der Waals surface area contributed by atoms with Crippen LogP contribution in [-0.4, -0.2) is 4.92 Å². The summed E-state index contributed by atoms with van der Waals surface area (Å²) in [5.74, 6) is 5.03. The van der Waals surface area contributed by atoms with Crippen LogP contribution in [0.1, 0.15) is 13.8 Å². The third kappa shape index (κ3) is 2.38. The molecule has 0 fully saturated rings. The van der Waals surface area contributed by atoms with Crippen molar-refractivity contribution in [3.05, 3.63) is 33.7 Å². The van der Waals surface area contributed by atoms with Crippen LogP contribution in [0, 0.1) is 10.1 Å². The number of nitrogens with zero attached hydrogens (tertiary/aromatic N) is 1. The molecule has 0 saturated carbocycles. The highest BCUT2D eigenvalue weighted by molar-refractivity contribution is 5.21. The summed E-state index contributed by atoms with van der Waals surface area (Å²) in [6.45, 7) is 3.25. The third-order valence-corrected chi connectivity index (χ3v) is 1.19. The molecule has 0 bridgehead atoms. The molecule has 0 aliphatic carbocycles. The molecule has 0 unspecified atom stereocenters. The van der Waals surface area contributed by atoms with E-state index >= 15 is 0 Å². The Bertz CT molecular complexity index is 208. The van der Waals surface area contributed by atoms with Crippen molar-refractivity contribution < 1.29 is 4.92 Å². The summed E-state index contributed by atoms with van der Waals surface area (Å²) >= 11 is 0. The van der Waals surface area contributed by atoms with Crippen LogP contribution in [0.25, 0.3) is 0 Å². The van der Waals surface area contributed by atoms with Crippen LogP contribution in [0.15, 0.2) is 23.5 Å². The largest absolute Gasteiger partial charge is 0.319 e. The van der Waals surface area contributed by atoms with Gasteiger partial charge in [-0.1, -0.05) is 6.08 Å². The molecule has 62 valence electrons. The molecule has 0 saturated heterocycles. The zero-order valence-electron chi connectivity index (χ0n) is 6.50. The quantitative estimate of drug-likeness (QED) is 0.271. The first kappa shape index (κ1) is 9.64. The molecule has 0 aromatic rings. The van der Waals surface area contributed by atoms with Gasteiger partial charge in [-0.25, -0.2) is 0 Å². The standard InChI is InChI=1S/C6H11N3O2/c1-3-5(8-7)6(4-2)9(10)11/h3-4,8H,7H2,1-2H3/b5-3+,6-4+. The zero-order valence-corrected chi connectivity index (χ0v) is 6.50. The highest BCUT2D eigenvalue weighted by Gasteiger charge is 2.12. The number of rotatable bonds is 3. The number of nitro groups is 1. The Morgan fingerprint density at radius 1 is 1.55 bits per heavy atom. The fourth-order valence-electron chi connectivity index (χ4n) is 0.664. The Balaban J connectivity index is 4.65. The Kier molecular flexibility index (Phi) is 3.90. The van der Waals surface area contributed by atoms with Gasteiger partial charge in [-0.3, -0.25) is 16.0 Å². The lowest BCUT2D eigenvalue weighted by atomic mass is 10.3. The minimum atomic E-state index is -0.491. The molecular formula is C6H11N3O2. The lowest BCUT2D eigenvalue weighted by molar-refractivity contribution is -0.421. The van der Waals surface area contributed by atoms with E-state index in [2.05, 4.69) is 5.43 Å². The van der Waals surface area contributed by atoms with Crippen LogP contribution >= 0.6 is 0 Å². The van der Waals surface area contributed by atoms with Gasteiger partial charge in [0.2, 0.25) is 0 Å². The van der Waals surface area contributed by atoms with E-state index in [0.717, 1.165) is 0 Å². The van der Waals surface area contributed by atoms with Gasteiger partial charge in [-0.15, -0.1) is 0 Å². The van der Waals surface area contributed by atoms with E-state index in [1.54, 1.807) is 13.8 Å². The second-order valence-corrected chi connectivity index (χ2v) is 1.78. The van der Waals surface area contributed by atoms with Crippen LogP contribution in [0.3, 0.4) is 0 Å². The maximum atomic E-state index is 10.3. The first-order valence-electron chi connectivity index (χ1n) is 3.11. The Morgan fingerprint density at radius 2 is 2.09 bits per heavy atom. The summed E-state index contributed by atoms with van der Waals surface area (Å²) in [6.07, 6.45) is 2.92. The molecule has 0 heterocycles. The van der Waals surface area contributed by atoms with E-state index in [1.165, 1.54) is 12.2 Å². The summed E-state index contributed by atoms with van der Waals surface area (Å²) in [7, 11) is 0. The first-order chi connectivity index (χ1) is 5.17. The molecule has 0 amide bonds. The molecule has 0 spiro atoms. The molecule has 0 aliphatic rings. The number of hydrogen-bond donors (Lipinski definition) is 2. The zero-order chi connectivity index (χ0) is 8.85. The van der Waals surface area contributed by atoms with E-state index in [9.17, 15) is 10.1 Å². The second-order valence-electron chi connectivity index (χ2n) is 1.78. The molecule has 0 rings (SSSR count). The molecule has 0 atom stereocenters. The van der Waals surface area contributed by atoms with Gasteiger partial charge in [0.25, 0.3) is 5.70 Å². The van der Waals surface area contributed by atoms with E-state index < -0.39 is 4.92 Å². The van der Waals surface area contributed by atoms with Gasteiger partial charge in [0.05, 0.1) is 4.92 Å². The Morgan fingerprint density at radius 3 is 2.18 bits per heavy atom. The lowest BCUT2D eigenvalue weighted by Crippen LogP contribution is -2.24. The van der Waals surface area contributed by atoms with Crippen molar-refractivity contribution in [3.63, 3.8) is 0 Å². The molecule has 0 aromatic heterocycles. The number of nitrogens with two attached hydrogens (primary N) is 1. The summed E-state index contributed by atoms with van der Waals surface area (Å²) < 4.78 is 0. The number of nitrogens with one attached hydrogen (secondary N) is 1. The van der Waals surface area contributed by atoms with Gasteiger partial charge >= 0.3 is 0 Å². The maximum Gasteiger partial charge on any atom is 0.289 e. The number of hydrazine groups is 1. The van der Waals surface area contributed by atoms with Gasteiger partial charge < -0.3 is 5.43 Å². The van der Waals surface area contributed by atoms with Crippen LogP contribution < -0.4 is 11.3 Å². The molecule has 0 aromatic carbocycles. The highest BCUT2D eigenvalue weighted by atomic mass is 16.6. The predicted octanol–water partition coefficient (Wildman–Crippen LogP) is 0.534. The minimum absolute atomic E-state index is 0.0185. The lowest BCUT2D eigenvalue weighted by Gasteiger charge is -2.00. The fourth-order valence-corrected chi connectivity index (χ4v) is 0.664. The Hall–Kier alpha value is -1.36. The minimum Gasteiger partial charge on any atom is -0.319 e. The van der Waals surface area contributed by atoms with Crippen LogP contribution in [-0.2, 0) is 0 Å². The highest BCUT2D eigenvalue weighted by Crippen LogP contribution is 2.05. The van der Waals surface area contributed by atoms with E-state index in [1.807, 2.05) is 0 Å². The van der Waals surface area contributed by atoms with Crippen molar-refractivity contribution in [1.29, 1.82) is 0 Å². The summed E-state index contributed by atoms with van der Waals surface area (Å²) in [5, 5.41) is 10.3. The molecule has 11 heavy (non-hydrogen) atoms. The van der Waals surface area contributed by atoms with Gasteiger partial charge in [-0.2, -0.15) is 0 Å². The van der Waals surface area contributed by atoms with E-state index in [0.29, 0.717) is 5.70 Å². The first-order valence-corrected chi connectivity index (χ1v) is 3.11. The third-order valence-electron chi connectivity index (χ3n) is 1.19. The average Bonchev–Trinajstić information content (AvgIpc) is 1.99. The summed E-state index contributed by atoms with van der Waals surface area (Å²) in [5.41, 5.74) is 2.53. The van der Waals surface area contributed by atoms with E-state index in [-0.39, 0.29) is 5.70 Å². The number of allylic oxidation sites excluding steroid dienone is 2. The van der Waals surface area contributed by atoms with Crippen LogP contribution in [0.4, 0.5) is 0 Å². The van der Waals surface area contributed by atoms with Gasteiger partial charge in [0.15, 0.2) is 0 Å². The van der Waals surface area contributed by atoms with Gasteiger partial charge in [-0.05, 0) is 19.9 Å². The number of hydrogen-bond acceptors (Lipinski definition) is 4. The van der Waals surface area contributed by atoms with Crippen molar-refractivity contribution in [1.82, 2.24) is 5.43 Å². The Labute approximate surface area is 64.7 Å². The normalized spacial score (nSPS) is 13.0. The predicted molar refractivity (Wildman–Crippen MR) is 41.8 cm³/mol. The van der Waals surface area contributed by atoms with Gasteiger partial charge in [0, 0.05) is 0 Å². The van der Waals surface area contributed by atoms with Crippen molar-refractivity contribution in [2.75, 3.05) is 0 Å².